The first kappa shape index (κ1) is 16.0. The van der Waals surface area contributed by atoms with Gasteiger partial charge in [0.2, 0.25) is 11.8 Å². The van der Waals surface area contributed by atoms with Crippen LogP contribution in [-0.4, -0.2) is 77.5 Å². The number of hydrogen-bond acceptors (Lipinski definition) is 5. The van der Waals surface area contributed by atoms with Crippen LogP contribution < -0.4 is 0 Å². The van der Waals surface area contributed by atoms with Gasteiger partial charge in [0.15, 0.2) is 0 Å². The van der Waals surface area contributed by atoms with Gasteiger partial charge in [-0.1, -0.05) is 11.8 Å². The Morgan fingerprint density at radius 1 is 1.39 bits per heavy atom. The molecule has 2 fully saturated rings. The lowest BCUT2D eigenvalue weighted by molar-refractivity contribution is -0.158. The van der Waals surface area contributed by atoms with E-state index in [1.54, 1.807) is 23.3 Å². The van der Waals surface area contributed by atoms with Gasteiger partial charge in [0.25, 0.3) is 0 Å². The minimum Gasteiger partial charge on any atom is -0.384 e. The van der Waals surface area contributed by atoms with Crippen LogP contribution in [0.3, 0.4) is 0 Å². The lowest BCUT2D eigenvalue weighted by Crippen LogP contribution is -2.65. The normalized spacial score (nSPS) is 21.9. The molecule has 2 aliphatic rings. The van der Waals surface area contributed by atoms with Crippen molar-refractivity contribution in [2.45, 2.75) is 12.6 Å². The molecule has 0 unspecified atom stereocenters. The SMILES string of the molecule is CN1CC(=O)N2CCN(Cc3cc(C#CCO)cs3)C[C@@H]2C1=O. The largest absolute Gasteiger partial charge is 0.384 e. The number of piperazine rings is 2. The van der Waals surface area contributed by atoms with E-state index in [1.807, 2.05) is 11.4 Å². The highest BCUT2D eigenvalue weighted by atomic mass is 32.1. The molecule has 0 aromatic carbocycles. The van der Waals surface area contributed by atoms with Gasteiger partial charge in [-0.05, 0) is 6.07 Å². The fourth-order valence-corrected chi connectivity index (χ4v) is 3.87. The average molecular weight is 333 g/mol. The molecule has 0 spiro atoms. The summed E-state index contributed by atoms with van der Waals surface area (Å²) in [6, 6.07) is 1.66. The second kappa shape index (κ2) is 6.71. The minimum atomic E-state index is -0.358. The number of rotatable bonds is 2. The Balaban J connectivity index is 1.65. The molecule has 122 valence electrons. The molecule has 6 nitrogen and oxygen atoms in total. The molecule has 2 amide bonds. The predicted molar refractivity (Wildman–Crippen MR) is 86.7 cm³/mol. The number of nitrogens with zero attached hydrogens (tertiary/aromatic N) is 3. The maximum atomic E-state index is 12.3. The number of aliphatic hydroxyl groups excluding tert-OH is 1. The van der Waals surface area contributed by atoms with Crippen molar-refractivity contribution in [1.29, 1.82) is 0 Å². The van der Waals surface area contributed by atoms with Gasteiger partial charge in [0, 0.05) is 49.0 Å². The molecule has 7 heteroatoms. The van der Waals surface area contributed by atoms with Crippen LogP contribution in [0.5, 0.6) is 0 Å². The first-order valence-electron chi connectivity index (χ1n) is 7.52. The summed E-state index contributed by atoms with van der Waals surface area (Å²) in [6.45, 7) is 2.75. The molecule has 3 rings (SSSR count). The van der Waals surface area contributed by atoms with E-state index in [9.17, 15) is 9.59 Å². The molecule has 1 aromatic rings. The monoisotopic (exact) mass is 333 g/mol. The van der Waals surface area contributed by atoms with Crippen LogP contribution in [-0.2, 0) is 16.1 Å². The van der Waals surface area contributed by atoms with Crippen LogP contribution in [0, 0.1) is 11.8 Å². The summed E-state index contributed by atoms with van der Waals surface area (Å²) in [5.41, 5.74) is 0.904. The fraction of sp³-hybridized carbons (Fsp3) is 0.500. The molecule has 0 saturated carbocycles. The van der Waals surface area contributed by atoms with Crippen molar-refractivity contribution in [3.8, 4) is 11.8 Å². The highest BCUT2D eigenvalue weighted by molar-refractivity contribution is 7.10. The molecule has 1 aromatic heterocycles. The van der Waals surface area contributed by atoms with Crippen LogP contribution in [0.15, 0.2) is 11.4 Å². The van der Waals surface area contributed by atoms with Gasteiger partial charge in [0.1, 0.15) is 12.6 Å². The molecule has 23 heavy (non-hydrogen) atoms. The number of carbonyl (C=O) groups excluding carboxylic acids is 2. The zero-order valence-electron chi connectivity index (χ0n) is 13.0. The third-order valence-electron chi connectivity index (χ3n) is 4.16. The van der Waals surface area contributed by atoms with E-state index in [1.165, 1.54) is 9.78 Å². The van der Waals surface area contributed by atoms with E-state index in [2.05, 4.69) is 16.7 Å². The summed E-state index contributed by atoms with van der Waals surface area (Å²) >= 11 is 1.62. The molecule has 0 radical (unpaired) electrons. The average Bonchev–Trinajstić information content (AvgIpc) is 2.98. The zero-order valence-corrected chi connectivity index (χ0v) is 13.8. The van der Waals surface area contributed by atoms with Crippen molar-refractivity contribution in [3.63, 3.8) is 0 Å². The molecule has 2 aliphatic heterocycles. The summed E-state index contributed by atoms with van der Waals surface area (Å²) in [5.74, 6) is 5.59. The smallest absolute Gasteiger partial charge is 0.246 e. The number of fused-ring (bicyclic) bond motifs is 1. The summed E-state index contributed by atoms with van der Waals surface area (Å²) in [5, 5.41) is 10.7. The predicted octanol–water partition coefficient (Wildman–Crippen LogP) is -0.423. The van der Waals surface area contributed by atoms with Crippen molar-refractivity contribution < 1.29 is 14.7 Å². The Labute approximate surface area is 139 Å². The Hall–Kier alpha value is -1.88. The fourth-order valence-electron chi connectivity index (χ4n) is 3.01. The molecule has 1 atom stereocenters. The Morgan fingerprint density at radius 2 is 2.22 bits per heavy atom. The van der Waals surface area contributed by atoms with E-state index in [0.717, 1.165) is 18.7 Å². The first-order chi connectivity index (χ1) is 11.1. The Morgan fingerprint density at radius 3 is 3.00 bits per heavy atom. The van der Waals surface area contributed by atoms with E-state index in [0.29, 0.717) is 13.1 Å². The molecule has 1 N–H and O–H groups in total. The minimum absolute atomic E-state index is 0.0231. The van der Waals surface area contributed by atoms with Crippen LogP contribution in [0.4, 0.5) is 0 Å². The van der Waals surface area contributed by atoms with Gasteiger partial charge in [-0.15, -0.1) is 11.3 Å². The second-order valence-corrected chi connectivity index (χ2v) is 6.79. The van der Waals surface area contributed by atoms with Gasteiger partial charge in [0.05, 0.1) is 6.54 Å². The zero-order chi connectivity index (χ0) is 16.4. The van der Waals surface area contributed by atoms with E-state index in [-0.39, 0.29) is 31.0 Å². The van der Waals surface area contributed by atoms with Crippen molar-refractivity contribution in [2.24, 2.45) is 0 Å². The Bertz CT molecular complexity index is 676. The number of amides is 2. The molecule has 0 bridgehead atoms. The number of carbonyl (C=O) groups is 2. The van der Waals surface area contributed by atoms with Crippen LogP contribution in [0.2, 0.25) is 0 Å². The molecular weight excluding hydrogens is 314 g/mol. The summed E-state index contributed by atoms with van der Waals surface area (Å²) < 4.78 is 0. The van der Waals surface area contributed by atoms with Gasteiger partial charge in [-0.25, -0.2) is 0 Å². The van der Waals surface area contributed by atoms with E-state index in [4.69, 9.17) is 5.11 Å². The number of hydrogen-bond donors (Lipinski definition) is 1. The highest BCUT2D eigenvalue weighted by Gasteiger charge is 2.41. The number of thiophene rings is 1. The van der Waals surface area contributed by atoms with Crippen molar-refractivity contribution in [3.05, 3.63) is 21.9 Å². The lowest BCUT2D eigenvalue weighted by atomic mass is 10.1. The summed E-state index contributed by atoms with van der Waals surface area (Å²) in [6.07, 6.45) is 0. The van der Waals surface area contributed by atoms with Crippen LogP contribution >= 0.6 is 11.3 Å². The quantitative estimate of drug-likeness (QED) is 0.747. The maximum absolute atomic E-state index is 12.3. The molecule has 0 aliphatic carbocycles. The van der Waals surface area contributed by atoms with Gasteiger partial charge in [-0.2, -0.15) is 0 Å². The number of likely N-dealkylation sites (N-methyl/N-ethyl adjacent to an activating group) is 1. The third kappa shape index (κ3) is 3.39. The van der Waals surface area contributed by atoms with Gasteiger partial charge in [-0.3, -0.25) is 14.5 Å². The highest BCUT2D eigenvalue weighted by Crippen LogP contribution is 2.21. The molecule has 2 saturated heterocycles. The molecular formula is C16H19N3O3S. The van der Waals surface area contributed by atoms with Gasteiger partial charge >= 0.3 is 0 Å². The van der Waals surface area contributed by atoms with Gasteiger partial charge < -0.3 is 14.9 Å². The topological polar surface area (TPSA) is 64.1 Å². The van der Waals surface area contributed by atoms with E-state index >= 15 is 0 Å². The van der Waals surface area contributed by atoms with Crippen LogP contribution in [0.1, 0.15) is 10.4 Å². The van der Waals surface area contributed by atoms with Crippen molar-refractivity contribution >= 4 is 23.2 Å². The summed E-state index contributed by atoms with van der Waals surface area (Å²) in [4.78, 5) is 30.9. The molecule has 3 heterocycles. The first-order valence-corrected chi connectivity index (χ1v) is 8.40. The maximum Gasteiger partial charge on any atom is 0.246 e. The lowest BCUT2D eigenvalue weighted by Gasteiger charge is -2.45. The van der Waals surface area contributed by atoms with Crippen LogP contribution in [0.25, 0.3) is 0 Å². The van der Waals surface area contributed by atoms with Crippen molar-refractivity contribution in [1.82, 2.24) is 14.7 Å². The standard InChI is InChI=1S/C16H19N3O3S/c1-17-10-15(21)19-5-4-18(9-14(19)16(17)22)8-13-7-12(11-23-13)3-2-6-20/h7,11,14,20H,4-6,8-10H2,1H3/t14-/m1/s1. The third-order valence-corrected chi connectivity index (χ3v) is 5.09. The second-order valence-electron chi connectivity index (χ2n) is 5.79. The summed E-state index contributed by atoms with van der Waals surface area (Å²) in [7, 11) is 1.68. The number of aliphatic hydroxyl groups is 1. The Kier molecular flexibility index (Phi) is 4.66. The van der Waals surface area contributed by atoms with E-state index < -0.39 is 0 Å². The van der Waals surface area contributed by atoms with Crippen molar-refractivity contribution in [2.75, 3.05) is 39.8 Å².